The van der Waals surface area contributed by atoms with Crippen molar-refractivity contribution >= 4 is 19.5 Å². The van der Waals surface area contributed by atoms with Gasteiger partial charge in [-0.25, -0.2) is 4.79 Å². The maximum absolute atomic E-state index is 13.5. The molecule has 1 heterocycles. The Morgan fingerprint density at radius 3 is 1.68 bits per heavy atom. The highest BCUT2D eigenvalue weighted by molar-refractivity contribution is 7.52. The molecule has 1 fully saturated rings. The number of aliphatic hydroxyl groups is 4. The summed E-state index contributed by atoms with van der Waals surface area (Å²) in [7, 11) is -2.48. The minimum absolute atomic E-state index is 0.138. The average molecular weight is 861 g/mol. The molecule has 0 saturated carbocycles. The first kappa shape index (κ1) is 55.3. The van der Waals surface area contributed by atoms with Gasteiger partial charge >= 0.3 is 13.6 Å². The van der Waals surface area contributed by atoms with E-state index in [2.05, 4.69) is 36.6 Å². The summed E-state index contributed by atoms with van der Waals surface area (Å²) in [5.41, 5.74) is 0. The quantitative estimate of drug-likeness (QED) is 0.0137. The van der Waals surface area contributed by atoms with Gasteiger partial charge in [-0.05, 0) is 52.0 Å². The van der Waals surface area contributed by atoms with Gasteiger partial charge in [0.2, 0.25) is 12.2 Å². The molecule has 7 N–H and O–H groups in total. The lowest BCUT2D eigenvalue weighted by Gasteiger charge is -2.40. The predicted molar refractivity (Wildman–Crippen MR) is 235 cm³/mol. The van der Waals surface area contributed by atoms with E-state index in [1.54, 1.807) is 13.1 Å². The Balaban J connectivity index is 2.70. The highest BCUT2D eigenvalue weighted by atomic mass is 31.2. The molecule has 14 heteroatoms. The molecule has 59 heavy (non-hydrogen) atoms. The van der Waals surface area contributed by atoms with Gasteiger partial charge in [-0.2, -0.15) is 0 Å². The number of allylic oxidation sites excluding steroid dienone is 3. The summed E-state index contributed by atoms with van der Waals surface area (Å²) in [6.07, 6.45) is 26.0. The Morgan fingerprint density at radius 1 is 0.695 bits per heavy atom. The van der Waals surface area contributed by atoms with Crippen LogP contribution >= 0.6 is 7.60 Å². The van der Waals surface area contributed by atoms with E-state index in [1.807, 2.05) is 0 Å². The van der Waals surface area contributed by atoms with Crippen molar-refractivity contribution in [3.63, 3.8) is 0 Å². The summed E-state index contributed by atoms with van der Waals surface area (Å²) in [6.45, 7) is 4.00. The number of carbonyl (C=O) groups is 2. The highest BCUT2D eigenvalue weighted by Crippen LogP contribution is 2.42. The van der Waals surface area contributed by atoms with E-state index in [1.165, 1.54) is 96.0 Å². The maximum Gasteiger partial charge on any atom is 0.334 e. The Labute approximate surface area is 357 Å². The van der Waals surface area contributed by atoms with Crippen LogP contribution < -0.4 is 10.6 Å². The van der Waals surface area contributed by atoms with Crippen LogP contribution in [0, 0.1) is 0 Å². The van der Waals surface area contributed by atoms with Crippen molar-refractivity contribution in [3.05, 3.63) is 24.3 Å². The lowest BCUT2D eigenvalue weighted by Crippen LogP contribution is -2.60. The Bertz CT molecular complexity index is 1160. The zero-order valence-electron chi connectivity index (χ0n) is 37.0. The van der Waals surface area contributed by atoms with Crippen molar-refractivity contribution in [2.24, 2.45) is 0 Å². The van der Waals surface area contributed by atoms with E-state index >= 15 is 0 Å². The second kappa shape index (κ2) is 35.9. The summed E-state index contributed by atoms with van der Waals surface area (Å²) in [5, 5.41) is 48.1. The number of hydrogen-bond acceptors (Lipinski definition) is 11. The molecule has 1 unspecified atom stereocenters. The molecule has 346 valence electrons. The topological polar surface area (TPSA) is 204 Å². The minimum atomic E-state index is -4.08. The van der Waals surface area contributed by atoms with Crippen LogP contribution in [0.4, 0.5) is 0 Å². The smallest absolute Gasteiger partial charge is 0.334 e. The van der Waals surface area contributed by atoms with Gasteiger partial charge in [-0.3, -0.25) is 9.36 Å². The predicted octanol–water partition coefficient (Wildman–Crippen LogP) is 7.90. The van der Waals surface area contributed by atoms with Crippen LogP contribution in [0.2, 0.25) is 0 Å². The number of amides is 1. The first-order valence-electron chi connectivity index (χ1n) is 23.3. The van der Waals surface area contributed by atoms with Crippen molar-refractivity contribution in [3.8, 4) is 0 Å². The fourth-order valence-corrected chi connectivity index (χ4v) is 8.02. The van der Waals surface area contributed by atoms with Crippen LogP contribution in [0.25, 0.3) is 0 Å². The molecule has 1 rings (SSSR count). The van der Waals surface area contributed by atoms with Crippen LogP contribution in [0.15, 0.2) is 24.3 Å². The molecule has 0 radical (unpaired) electrons. The van der Waals surface area contributed by atoms with Gasteiger partial charge in [0, 0.05) is 13.0 Å². The van der Waals surface area contributed by atoms with Crippen molar-refractivity contribution < 1.29 is 53.5 Å². The number of hydrogen-bond donors (Lipinski definition) is 7. The zero-order valence-corrected chi connectivity index (χ0v) is 37.9. The summed E-state index contributed by atoms with van der Waals surface area (Å²) in [4.78, 5) is 36.6. The molecule has 1 saturated heterocycles. The molecule has 1 aliphatic rings. The van der Waals surface area contributed by atoms with E-state index in [4.69, 9.17) is 14.0 Å². The van der Waals surface area contributed by atoms with Gasteiger partial charge in [-0.1, -0.05) is 154 Å². The minimum Gasteiger partial charge on any atom is -0.431 e. The second-order valence-corrected chi connectivity index (χ2v) is 18.3. The van der Waals surface area contributed by atoms with Gasteiger partial charge in [0.15, 0.2) is 6.04 Å². The number of rotatable bonds is 38. The molecule has 0 aliphatic carbocycles. The van der Waals surface area contributed by atoms with Crippen LogP contribution in [-0.2, 0) is 28.2 Å². The Morgan fingerprint density at radius 2 is 1.17 bits per heavy atom. The average Bonchev–Trinajstić information content (AvgIpc) is 3.21. The first-order valence-corrected chi connectivity index (χ1v) is 25.0. The molecule has 1 aliphatic heterocycles. The number of unbranched alkanes of at least 4 members (excludes halogenated alkanes) is 22. The molecule has 0 aromatic carbocycles. The number of aliphatic hydroxyl groups excluding tert-OH is 4. The fraction of sp³-hybridized carbons (Fsp3) is 0.867. The number of carbonyl (C=O) groups excluding carboxylic acids is 2. The van der Waals surface area contributed by atoms with Crippen molar-refractivity contribution in [1.29, 1.82) is 0 Å². The molecule has 0 aromatic heterocycles. The molecule has 0 spiro atoms. The number of ether oxygens (including phenoxy) is 2. The van der Waals surface area contributed by atoms with Crippen molar-refractivity contribution in [2.45, 2.75) is 224 Å². The second-order valence-electron chi connectivity index (χ2n) is 16.3. The van der Waals surface area contributed by atoms with Crippen LogP contribution in [0.3, 0.4) is 0 Å². The monoisotopic (exact) mass is 861 g/mol. The normalized spacial score (nSPS) is 21.8. The standard InChI is InChI=1S/C45H85N2O11P/c1-4-6-8-10-12-14-16-18-19-21-23-25-27-29-31-33-39(49)47-40(37(48)32-30-28-26-24-22-20-17-15-13-11-9-7-5-2)44(53)58-45-43(52)42(51)41(50)38(57-45)36-56-59(54,55)35-34-46-3/h18-19,30,32,37-38,40-43,45-46,48,50-52H,4-17,20-29,31,33-36H2,1-3H3,(H,47,49)(H,54,55)/b19-18-,32-30+/t37-,38-,40-,41+,42+,43-,45+/m1/s1. The summed E-state index contributed by atoms with van der Waals surface area (Å²) < 4.78 is 28.3. The van der Waals surface area contributed by atoms with Crippen LogP contribution in [-0.4, -0.2) is 106 Å². The Kier molecular flexibility index (Phi) is 33.7. The lowest BCUT2D eigenvalue weighted by molar-refractivity contribution is -0.292. The van der Waals surface area contributed by atoms with E-state index in [0.717, 1.165) is 57.8 Å². The zero-order chi connectivity index (χ0) is 43.6. The highest BCUT2D eigenvalue weighted by Gasteiger charge is 2.47. The summed E-state index contributed by atoms with van der Waals surface area (Å²) in [5.74, 6) is -1.57. The van der Waals surface area contributed by atoms with Crippen molar-refractivity contribution in [1.82, 2.24) is 10.6 Å². The number of esters is 1. The van der Waals surface area contributed by atoms with E-state index in [-0.39, 0.29) is 19.1 Å². The summed E-state index contributed by atoms with van der Waals surface area (Å²) >= 11 is 0. The van der Waals surface area contributed by atoms with Gasteiger partial charge in [-0.15, -0.1) is 0 Å². The molecule has 0 aromatic rings. The van der Waals surface area contributed by atoms with Gasteiger partial charge in [0.05, 0.1) is 12.8 Å². The summed E-state index contributed by atoms with van der Waals surface area (Å²) in [6, 6.07) is -1.55. The van der Waals surface area contributed by atoms with Crippen LogP contribution in [0.5, 0.6) is 0 Å². The molecular formula is C45H85N2O11P. The lowest BCUT2D eigenvalue weighted by atomic mass is 9.99. The Hall–Kier alpha value is -1.67. The molecule has 13 nitrogen and oxygen atoms in total. The maximum atomic E-state index is 13.5. The van der Waals surface area contributed by atoms with Crippen molar-refractivity contribution in [2.75, 3.05) is 26.4 Å². The third-order valence-corrected chi connectivity index (χ3v) is 12.2. The van der Waals surface area contributed by atoms with E-state index < -0.39 is 68.9 Å². The number of nitrogens with one attached hydrogen (secondary N) is 2. The van der Waals surface area contributed by atoms with E-state index in [9.17, 15) is 39.5 Å². The van der Waals surface area contributed by atoms with Gasteiger partial charge in [0.25, 0.3) is 0 Å². The third kappa shape index (κ3) is 27.8. The molecular weight excluding hydrogens is 775 g/mol. The molecule has 1 amide bonds. The van der Waals surface area contributed by atoms with Crippen LogP contribution in [0.1, 0.15) is 181 Å². The SMILES string of the molecule is CCCCCCCC/C=C\CCCCCCCC(=O)N[C@@H](C(=O)O[C@@H]1O[C@H](COP(=O)(O)CCNC)[C@H](O)[C@H](O)[C@H]1O)[C@H](O)/C=C/CCCCCCCCCCCCC. The van der Waals surface area contributed by atoms with Gasteiger partial charge < -0.3 is 50.0 Å². The molecule has 0 bridgehead atoms. The molecule has 8 atom stereocenters. The van der Waals surface area contributed by atoms with Gasteiger partial charge in [0.1, 0.15) is 30.5 Å². The third-order valence-electron chi connectivity index (χ3n) is 10.9. The van der Waals surface area contributed by atoms with E-state index in [0.29, 0.717) is 12.8 Å². The fourth-order valence-electron chi connectivity index (χ4n) is 7.01. The first-order chi connectivity index (χ1) is 28.5. The largest absolute Gasteiger partial charge is 0.431 e.